The van der Waals surface area contributed by atoms with Gasteiger partial charge in [-0.3, -0.25) is 4.79 Å². The van der Waals surface area contributed by atoms with E-state index in [-0.39, 0.29) is 17.7 Å². The van der Waals surface area contributed by atoms with Gasteiger partial charge in [-0.1, -0.05) is 18.2 Å². The largest absolute Gasteiger partial charge is 0.368 e. The van der Waals surface area contributed by atoms with Crippen LogP contribution in [-0.4, -0.2) is 28.8 Å². The molecule has 0 radical (unpaired) electrons. The molecule has 0 fully saturated rings. The van der Waals surface area contributed by atoms with Gasteiger partial charge < -0.3 is 15.6 Å². The first-order chi connectivity index (χ1) is 10.2. The van der Waals surface area contributed by atoms with Crippen LogP contribution < -0.4 is 5.73 Å². The first-order valence-electron chi connectivity index (χ1n) is 7.48. The molecule has 1 aromatic heterocycles. The van der Waals surface area contributed by atoms with E-state index in [2.05, 4.69) is 34.1 Å². The number of nitrogens with two attached hydrogens (primary N) is 1. The molecular weight excluding hydrogens is 262 g/mol. The Bertz CT molecular complexity index is 758. The number of carbonyl (C=O) groups is 1. The fourth-order valence-electron chi connectivity index (χ4n) is 3.92. The molecule has 4 heteroatoms. The molecule has 2 atom stereocenters. The van der Waals surface area contributed by atoms with Gasteiger partial charge in [0.2, 0.25) is 0 Å². The number of Topliss-reactive ketones (excluding diaryl/α,β-unsaturated/α-hetero) is 1. The summed E-state index contributed by atoms with van der Waals surface area (Å²) in [7, 11) is 0. The molecule has 3 N–H and O–H groups in total. The van der Waals surface area contributed by atoms with Crippen molar-refractivity contribution in [3.63, 3.8) is 0 Å². The molecule has 0 aliphatic carbocycles. The van der Waals surface area contributed by atoms with Crippen LogP contribution >= 0.6 is 0 Å². The molecule has 21 heavy (non-hydrogen) atoms. The van der Waals surface area contributed by atoms with E-state index in [1.54, 1.807) is 6.92 Å². The Hall–Kier alpha value is -2.07. The van der Waals surface area contributed by atoms with Crippen molar-refractivity contribution in [2.75, 3.05) is 13.1 Å². The van der Waals surface area contributed by atoms with Crippen LogP contribution in [0.1, 0.15) is 24.2 Å². The van der Waals surface area contributed by atoms with E-state index in [1.807, 2.05) is 6.20 Å². The van der Waals surface area contributed by atoms with Gasteiger partial charge in [-0.15, -0.1) is 0 Å². The van der Waals surface area contributed by atoms with E-state index >= 15 is 0 Å². The molecule has 2 aromatic rings. The normalized spacial score (nSPS) is 23.9. The number of fused-ring (bicyclic) bond motifs is 5. The standard InChI is InChI=1S/C17H19N3O/c1-10(21)14-9-20-7-6-12-11-4-2-3-5-15(11)19-16(12)17(20)13(14)8-18/h2-5,9,13,17,19H,6-8,18H2,1H3/t13-,17-/m1/s1. The fourth-order valence-corrected chi connectivity index (χ4v) is 3.92. The first-order valence-corrected chi connectivity index (χ1v) is 7.48. The predicted molar refractivity (Wildman–Crippen MR) is 82.8 cm³/mol. The Kier molecular flexibility index (Phi) is 2.69. The van der Waals surface area contributed by atoms with Crippen molar-refractivity contribution in [3.8, 4) is 0 Å². The maximum absolute atomic E-state index is 11.9. The summed E-state index contributed by atoms with van der Waals surface area (Å²) in [5, 5.41) is 1.30. The summed E-state index contributed by atoms with van der Waals surface area (Å²) >= 11 is 0. The number of benzene rings is 1. The van der Waals surface area contributed by atoms with Crippen LogP contribution in [0, 0.1) is 5.92 Å². The topological polar surface area (TPSA) is 62.1 Å². The van der Waals surface area contributed by atoms with Gasteiger partial charge in [0.25, 0.3) is 0 Å². The zero-order valence-electron chi connectivity index (χ0n) is 12.1. The Labute approximate surface area is 123 Å². The molecule has 0 saturated heterocycles. The number of carbonyl (C=O) groups excluding carboxylic acids is 1. The lowest BCUT2D eigenvalue weighted by molar-refractivity contribution is -0.114. The highest BCUT2D eigenvalue weighted by Gasteiger charge is 2.41. The lowest BCUT2D eigenvalue weighted by Gasteiger charge is -2.34. The van der Waals surface area contributed by atoms with Crippen molar-refractivity contribution < 1.29 is 4.79 Å². The molecule has 4 rings (SSSR count). The lowest BCUT2D eigenvalue weighted by Crippen LogP contribution is -2.34. The lowest BCUT2D eigenvalue weighted by atomic mass is 9.87. The molecule has 108 valence electrons. The average molecular weight is 281 g/mol. The molecule has 2 aliphatic rings. The number of nitrogens with zero attached hydrogens (tertiary/aromatic N) is 1. The zero-order valence-corrected chi connectivity index (χ0v) is 12.1. The van der Waals surface area contributed by atoms with E-state index in [9.17, 15) is 4.79 Å². The zero-order chi connectivity index (χ0) is 14.6. The van der Waals surface area contributed by atoms with Crippen molar-refractivity contribution in [1.29, 1.82) is 0 Å². The predicted octanol–water partition coefficient (Wildman–Crippen LogP) is 2.13. The summed E-state index contributed by atoms with van der Waals surface area (Å²) in [6.45, 7) is 3.09. The number of aromatic nitrogens is 1. The summed E-state index contributed by atoms with van der Waals surface area (Å²) in [5.41, 5.74) is 10.7. The quantitative estimate of drug-likeness (QED) is 0.886. The van der Waals surface area contributed by atoms with Crippen LogP contribution in [0.25, 0.3) is 10.9 Å². The molecule has 1 aromatic carbocycles. The monoisotopic (exact) mass is 281 g/mol. The summed E-state index contributed by atoms with van der Waals surface area (Å²) in [5.74, 6) is 0.229. The van der Waals surface area contributed by atoms with Crippen LogP contribution in [-0.2, 0) is 11.2 Å². The summed E-state index contributed by atoms with van der Waals surface area (Å²) in [4.78, 5) is 17.7. The van der Waals surface area contributed by atoms with Gasteiger partial charge in [0.1, 0.15) is 0 Å². The fraction of sp³-hybridized carbons (Fsp3) is 0.353. The molecular formula is C17H19N3O. The highest BCUT2D eigenvalue weighted by molar-refractivity contribution is 5.94. The van der Waals surface area contributed by atoms with Crippen LogP contribution in [0.5, 0.6) is 0 Å². The van der Waals surface area contributed by atoms with Crippen molar-refractivity contribution in [2.24, 2.45) is 11.7 Å². The SMILES string of the molecule is CC(=O)C1=CN2CCc3c([nH]c4ccccc34)[C@H]2[C@@H]1CN. The van der Waals surface area contributed by atoms with Gasteiger partial charge in [-0.25, -0.2) is 0 Å². The van der Waals surface area contributed by atoms with Crippen LogP contribution in [0.2, 0.25) is 0 Å². The van der Waals surface area contributed by atoms with Crippen molar-refractivity contribution in [1.82, 2.24) is 9.88 Å². The second-order valence-electron chi connectivity index (χ2n) is 5.98. The summed E-state index contributed by atoms with van der Waals surface area (Å²) < 4.78 is 0. The van der Waals surface area contributed by atoms with Gasteiger partial charge in [-0.2, -0.15) is 0 Å². The molecule has 4 nitrogen and oxygen atoms in total. The third-order valence-electron chi connectivity index (χ3n) is 4.87. The van der Waals surface area contributed by atoms with Gasteiger partial charge in [0, 0.05) is 47.4 Å². The number of H-pyrrole nitrogens is 1. The molecule has 0 amide bonds. The highest BCUT2D eigenvalue weighted by Crippen LogP contribution is 2.44. The summed E-state index contributed by atoms with van der Waals surface area (Å²) in [6, 6.07) is 8.61. The Morgan fingerprint density at radius 3 is 3.00 bits per heavy atom. The summed E-state index contributed by atoms with van der Waals surface area (Å²) in [6.07, 6.45) is 3.04. The Morgan fingerprint density at radius 2 is 2.24 bits per heavy atom. The average Bonchev–Trinajstić information content (AvgIpc) is 3.04. The molecule has 0 spiro atoms. The Balaban J connectivity index is 1.87. The second kappa shape index (κ2) is 4.46. The van der Waals surface area contributed by atoms with E-state index in [1.165, 1.54) is 22.2 Å². The first kappa shape index (κ1) is 12.7. The molecule has 0 bridgehead atoms. The molecule has 2 aliphatic heterocycles. The molecule has 0 unspecified atom stereocenters. The third kappa shape index (κ3) is 1.69. The number of hydrogen-bond acceptors (Lipinski definition) is 3. The van der Waals surface area contributed by atoms with E-state index in [4.69, 9.17) is 5.73 Å². The van der Waals surface area contributed by atoms with Crippen LogP contribution in [0.3, 0.4) is 0 Å². The number of ketones is 1. The number of hydrogen-bond donors (Lipinski definition) is 2. The van der Waals surface area contributed by atoms with Crippen molar-refractivity contribution >= 4 is 16.7 Å². The second-order valence-corrected chi connectivity index (χ2v) is 5.98. The minimum Gasteiger partial charge on any atom is -0.368 e. The minimum atomic E-state index is 0.0922. The molecule has 0 saturated carbocycles. The minimum absolute atomic E-state index is 0.0922. The number of aromatic amines is 1. The number of para-hydroxylation sites is 1. The van der Waals surface area contributed by atoms with E-state index in [0.29, 0.717) is 6.54 Å². The Morgan fingerprint density at radius 1 is 1.43 bits per heavy atom. The van der Waals surface area contributed by atoms with Gasteiger partial charge in [0.15, 0.2) is 5.78 Å². The van der Waals surface area contributed by atoms with Crippen molar-refractivity contribution in [3.05, 3.63) is 47.3 Å². The number of nitrogens with one attached hydrogen (secondary N) is 1. The highest BCUT2D eigenvalue weighted by atomic mass is 16.1. The van der Waals surface area contributed by atoms with E-state index < -0.39 is 0 Å². The van der Waals surface area contributed by atoms with Crippen LogP contribution in [0.4, 0.5) is 0 Å². The van der Waals surface area contributed by atoms with Crippen molar-refractivity contribution in [2.45, 2.75) is 19.4 Å². The van der Waals surface area contributed by atoms with Gasteiger partial charge in [-0.05, 0) is 25.0 Å². The number of rotatable bonds is 2. The van der Waals surface area contributed by atoms with E-state index in [0.717, 1.165) is 18.5 Å². The van der Waals surface area contributed by atoms with Gasteiger partial charge in [0.05, 0.1) is 6.04 Å². The smallest absolute Gasteiger partial charge is 0.157 e. The van der Waals surface area contributed by atoms with Crippen LogP contribution in [0.15, 0.2) is 36.0 Å². The third-order valence-corrected chi connectivity index (χ3v) is 4.87. The molecule has 3 heterocycles. The maximum Gasteiger partial charge on any atom is 0.157 e. The maximum atomic E-state index is 11.9. The van der Waals surface area contributed by atoms with Gasteiger partial charge >= 0.3 is 0 Å².